The maximum atomic E-state index is 12.5. The Labute approximate surface area is 190 Å². The molecule has 0 aliphatic carbocycles. The van der Waals surface area contributed by atoms with Gasteiger partial charge in [0, 0.05) is 21.8 Å². The van der Waals surface area contributed by atoms with Gasteiger partial charge in [0.2, 0.25) is 5.89 Å². The van der Waals surface area contributed by atoms with Gasteiger partial charge in [-0.15, -0.1) is 0 Å². The summed E-state index contributed by atoms with van der Waals surface area (Å²) in [7, 11) is 0. The molecule has 0 saturated heterocycles. The molecule has 156 valence electrons. The fraction of sp³-hybridized carbons (Fsp3) is 0.125. The van der Waals surface area contributed by atoms with E-state index in [4.69, 9.17) is 28.2 Å². The van der Waals surface area contributed by atoms with Crippen molar-refractivity contribution in [2.24, 2.45) is 0 Å². The molecule has 2 N–H and O–H groups in total. The maximum absolute atomic E-state index is 12.5. The monoisotopic (exact) mass is 449 g/mol. The van der Waals surface area contributed by atoms with Gasteiger partial charge >= 0.3 is 0 Å². The number of nitrogens with zero attached hydrogens (tertiary/aromatic N) is 1. The van der Waals surface area contributed by atoms with Crippen LogP contribution in [0.2, 0.25) is 5.02 Å². The first-order chi connectivity index (χ1) is 14.9. The van der Waals surface area contributed by atoms with E-state index < -0.39 is 0 Å². The molecule has 0 bridgehead atoms. The Morgan fingerprint density at radius 1 is 1.10 bits per heavy atom. The highest BCUT2D eigenvalue weighted by Crippen LogP contribution is 2.29. The van der Waals surface area contributed by atoms with Crippen LogP contribution in [0.15, 0.2) is 65.1 Å². The van der Waals surface area contributed by atoms with Gasteiger partial charge in [0.05, 0.1) is 0 Å². The second-order valence-electron chi connectivity index (χ2n) is 7.12. The molecule has 0 spiro atoms. The molecule has 0 saturated carbocycles. The van der Waals surface area contributed by atoms with E-state index in [9.17, 15) is 4.79 Å². The summed E-state index contributed by atoms with van der Waals surface area (Å²) in [5.41, 5.74) is 5.57. The van der Waals surface area contributed by atoms with Crippen LogP contribution < -0.4 is 10.6 Å². The number of amides is 1. The lowest BCUT2D eigenvalue weighted by Crippen LogP contribution is -2.34. The number of nitrogens with one attached hydrogen (secondary N) is 2. The Morgan fingerprint density at radius 3 is 2.61 bits per heavy atom. The first-order valence-electron chi connectivity index (χ1n) is 9.81. The van der Waals surface area contributed by atoms with Gasteiger partial charge in [-0.25, -0.2) is 4.98 Å². The molecule has 5 nitrogen and oxygen atoms in total. The van der Waals surface area contributed by atoms with Crippen LogP contribution in [0.1, 0.15) is 28.4 Å². The molecule has 1 aromatic heterocycles. The second-order valence-corrected chi connectivity index (χ2v) is 7.96. The quantitative estimate of drug-likeness (QED) is 0.366. The van der Waals surface area contributed by atoms with E-state index in [1.165, 1.54) is 5.56 Å². The van der Waals surface area contributed by atoms with E-state index in [1.54, 1.807) is 30.3 Å². The smallest absolute Gasteiger partial charge is 0.257 e. The molecule has 0 unspecified atom stereocenters. The van der Waals surface area contributed by atoms with E-state index >= 15 is 0 Å². The van der Waals surface area contributed by atoms with Crippen molar-refractivity contribution in [3.63, 3.8) is 0 Å². The van der Waals surface area contributed by atoms with Crippen molar-refractivity contribution in [2.75, 3.05) is 5.32 Å². The molecular formula is C24H20ClN3O2S. The van der Waals surface area contributed by atoms with Crippen LogP contribution >= 0.6 is 23.8 Å². The van der Waals surface area contributed by atoms with E-state index in [-0.39, 0.29) is 11.0 Å². The fourth-order valence-electron chi connectivity index (χ4n) is 3.13. The lowest BCUT2D eigenvalue weighted by molar-refractivity contribution is 0.0977. The van der Waals surface area contributed by atoms with Crippen LogP contribution in [0.5, 0.6) is 0 Å². The Balaban J connectivity index is 1.51. The van der Waals surface area contributed by atoms with Crippen molar-refractivity contribution >= 4 is 51.6 Å². The molecule has 3 aromatic carbocycles. The Morgan fingerprint density at radius 2 is 1.87 bits per heavy atom. The summed E-state index contributed by atoms with van der Waals surface area (Å²) in [6.45, 7) is 4.02. The average molecular weight is 450 g/mol. The fourth-order valence-corrected chi connectivity index (χ4v) is 3.50. The number of aryl methyl sites for hydroxylation is 2. The first kappa shape index (κ1) is 21.0. The zero-order chi connectivity index (χ0) is 22.0. The van der Waals surface area contributed by atoms with Gasteiger partial charge in [-0.2, -0.15) is 0 Å². The number of hydrogen-bond donors (Lipinski definition) is 2. The number of hydrogen-bond acceptors (Lipinski definition) is 4. The number of halogens is 1. The summed E-state index contributed by atoms with van der Waals surface area (Å²) in [5.74, 6) is 0.219. The van der Waals surface area contributed by atoms with Gasteiger partial charge in [0.15, 0.2) is 10.7 Å². The Bertz CT molecular complexity index is 1280. The van der Waals surface area contributed by atoms with Crippen LogP contribution in [-0.4, -0.2) is 16.0 Å². The minimum absolute atomic E-state index is 0.217. The third-order valence-electron chi connectivity index (χ3n) is 4.93. The number of rotatable bonds is 4. The predicted molar refractivity (Wildman–Crippen MR) is 129 cm³/mol. The van der Waals surface area contributed by atoms with Crippen molar-refractivity contribution in [2.45, 2.75) is 20.3 Å². The molecule has 0 aliphatic heterocycles. The summed E-state index contributed by atoms with van der Waals surface area (Å²) in [6.07, 6.45) is 0.921. The van der Waals surface area contributed by atoms with Crippen molar-refractivity contribution < 1.29 is 9.21 Å². The highest BCUT2D eigenvalue weighted by Gasteiger charge is 2.13. The molecule has 0 fully saturated rings. The van der Waals surface area contributed by atoms with Crippen molar-refractivity contribution in [1.29, 1.82) is 0 Å². The number of oxazole rings is 1. The minimum Gasteiger partial charge on any atom is -0.436 e. The predicted octanol–water partition coefficient (Wildman–Crippen LogP) is 6.15. The molecule has 0 atom stereocenters. The van der Waals surface area contributed by atoms with Crippen LogP contribution in [-0.2, 0) is 6.42 Å². The summed E-state index contributed by atoms with van der Waals surface area (Å²) in [5, 5.41) is 6.64. The number of benzene rings is 3. The number of aromatic nitrogens is 1. The number of fused-ring (bicyclic) bond motifs is 1. The topological polar surface area (TPSA) is 67.2 Å². The molecule has 4 aromatic rings. The van der Waals surface area contributed by atoms with E-state index in [0.29, 0.717) is 27.6 Å². The normalized spacial score (nSPS) is 10.8. The van der Waals surface area contributed by atoms with E-state index in [1.807, 2.05) is 37.3 Å². The molecule has 1 heterocycles. The van der Waals surface area contributed by atoms with Crippen LogP contribution in [0, 0.1) is 6.92 Å². The molecular weight excluding hydrogens is 430 g/mol. The number of carbonyl (C=O) groups is 1. The van der Waals surface area contributed by atoms with E-state index in [0.717, 1.165) is 23.2 Å². The van der Waals surface area contributed by atoms with Crippen molar-refractivity contribution in [1.82, 2.24) is 10.3 Å². The highest BCUT2D eigenvalue weighted by atomic mass is 35.5. The number of carbonyl (C=O) groups excluding carboxylic acids is 1. The van der Waals surface area contributed by atoms with Gasteiger partial charge < -0.3 is 9.73 Å². The SMILES string of the molecule is CCc1ccc(C(=O)NC(=S)Nc2cc(-c3nc4cc(Cl)ccc4o3)ccc2C)cc1. The number of anilines is 1. The highest BCUT2D eigenvalue weighted by molar-refractivity contribution is 7.80. The van der Waals surface area contributed by atoms with Crippen molar-refractivity contribution in [3.8, 4) is 11.5 Å². The molecule has 4 rings (SSSR count). The zero-order valence-corrected chi connectivity index (χ0v) is 18.6. The van der Waals surface area contributed by atoms with Crippen LogP contribution in [0.4, 0.5) is 5.69 Å². The van der Waals surface area contributed by atoms with Gasteiger partial charge in [-0.1, -0.05) is 36.7 Å². The minimum atomic E-state index is -0.259. The van der Waals surface area contributed by atoms with Crippen LogP contribution in [0.25, 0.3) is 22.6 Å². The standard InChI is InChI=1S/C24H20ClN3O2S/c1-3-15-5-8-16(9-6-15)22(29)28-24(31)27-19-12-17(7-4-14(19)2)23-26-20-13-18(25)10-11-21(20)30-23/h4-13H,3H2,1-2H3,(H2,27,28,29,31). The molecule has 31 heavy (non-hydrogen) atoms. The third kappa shape index (κ3) is 4.76. The lowest BCUT2D eigenvalue weighted by atomic mass is 10.1. The molecule has 1 amide bonds. The third-order valence-corrected chi connectivity index (χ3v) is 5.37. The van der Waals surface area contributed by atoms with Gasteiger partial charge in [0.1, 0.15) is 5.52 Å². The summed E-state index contributed by atoms with van der Waals surface area (Å²) in [6, 6.07) is 18.5. The lowest BCUT2D eigenvalue weighted by Gasteiger charge is -2.13. The Kier molecular flexibility index (Phi) is 6.02. The van der Waals surface area contributed by atoms with Crippen LogP contribution in [0.3, 0.4) is 0 Å². The van der Waals surface area contributed by atoms with Crippen molar-refractivity contribution in [3.05, 3.63) is 82.4 Å². The maximum Gasteiger partial charge on any atom is 0.257 e. The van der Waals surface area contributed by atoms with E-state index in [2.05, 4.69) is 22.5 Å². The number of thiocarbonyl (C=S) groups is 1. The largest absolute Gasteiger partial charge is 0.436 e. The van der Waals surface area contributed by atoms with Gasteiger partial charge in [-0.05, 0) is 79.2 Å². The van der Waals surface area contributed by atoms with Gasteiger partial charge in [-0.3, -0.25) is 10.1 Å². The summed E-state index contributed by atoms with van der Waals surface area (Å²) >= 11 is 11.4. The first-order valence-corrected chi connectivity index (χ1v) is 10.6. The molecule has 0 aliphatic rings. The second kappa shape index (κ2) is 8.88. The summed E-state index contributed by atoms with van der Waals surface area (Å²) < 4.78 is 5.85. The zero-order valence-electron chi connectivity index (χ0n) is 17.0. The molecule has 7 heteroatoms. The summed E-state index contributed by atoms with van der Waals surface area (Å²) in [4.78, 5) is 17.0. The van der Waals surface area contributed by atoms with Gasteiger partial charge in [0.25, 0.3) is 5.91 Å². The molecule has 0 radical (unpaired) electrons. The average Bonchev–Trinajstić information content (AvgIpc) is 3.18. The Hall–Kier alpha value is -3.22.